The lowest BCUT2D eigenvalue weighted by atomic mass is 9.76. The molecule has 16 heavy (non-hydrogen) atoms. The average molecular weight is 254 g/mol. The van der Waals surface area contributed by atoms with Crippen molar-refractivity contribution in [3.8, 4) is 0 Å². The Morgan fingerprint density at radius 1 is 1.06 bits per heavy atom. The fourth-order valence-electron chi connectivity index (χ4n) is 1.95. The molecular weight excluding hydrogens is 233 g/mol. The maximum Gasteiger partial charge on any atom is 0.391 e. The lowest BCUT2D eigenvalue weighted by molar-refractivity contribution is -0.187. The molecule has 0 saturated heterocycles. The first-order chi connectivity index (χ1) is 7.12. The highest BCUT2D eigenvalue weighted by molar-refractivity contribution is 7.80. The number of halogens is 3. The van der Waals surface area contributed by atoms with Crippen molar-refractivity contribution in [1.29, 1.82) is 0 Å². The maximum absolute atomic E-state index is 12.6. The summed E-state index contributed by atoms with van der Waals surface area (Å²) in [6, 6.07) is 0. The van der Waals surface area contributed by atoms with Crippen LogP contribution in [0.15, 0.2) is 12.7 Å². The molecule has 0 aromatic carbocycles. The molecule has 0 rings (SSSR count). The van der Waals surface area contributed by atoms with E-state index in [1.165, 1.54) is 6.92 Å². The summed E-state index contributed by atoms with van der Waals surface area (Å²) in [6.07, 6.45) is -2.42. The molecule has 0 amide bonds. The molecule has 96 valence electrons. The van der Waals surface area contributed by atoms with Gasteiger partial charge in [-0.3, -0.25) is 0 Å². The summed E-state index contributed by atoms with van der Waals surface area (Å²) in [5, 5.41) is 0.0235. The molecule has 5 atom stereocenters. The Morgan fingerprint density at radius 3 is 1.75 bits per heavy atom. The van der Waals surface area contributed by atoms with Crippen molar-refractivity contribution in [2.45, 2.75) is 39.1 Å². The molecule has 0 N–H and O–H groups in total. The molecule has 0 fully saturated rings. The Kier molecular flexibility index (Phi) is 5.94. The lowest BCUT2D eigenvalue weighted by Gasteiger charge is -2.33. The third-order valence-electron chi connectivity index (χ3n) is 3.57. The molecule has 0 heterocycles. The predicted molar refractivity (Wildman–Crippen MR) is 65.7 cm³/mol. The van der Waals surface area contributed by atoms with Crippen molar-refractivity contribution in [2.24, 2.45) is 23.7 Å². The molecule has 4 heteroatoms. The normalized spacial score (nSPS) is 22.0. The van der Waals surface area contributed by atoms with Crippen molar-refractivity contribution < 1.29 is 13.2 Å². The Hall–Kier alpha value is -0.120. The first kappa shape index (κ1) is 15.9. The largest absolute Gasteiger partial charge is 0.391 e. The second kappa shape index (κ2) is 5.99. The average Bonchev–Trinajstić information content (AvgIpc) is 2.14. The number of hydrogen-bond donors (Lipinski definition) is 1. The van der Waals surface area contributed by atoms with Crippen LogP contribution in [0, 0.1) is 23.7 Å². The minimum atomic E-state index is -4.13. The van der Waals surface area contributed by atoms with Gasteiger partial charge in [-0.25, -0.2) is 0 Å². The van der Waals surface area contributed by atoms with Crippen LogP contribution in [-0.4, -0.2) is 11.4 Å². The summed E-state index contributed by atoms with van der Waals surface area (Å²) in [6.45, 7) is 10.3. The maximum atomic E-state index is 12.6. The minimum absolute atomic E-state index is 0.00290. The minimum Gasteiger partial charge on any atom is -0.176 e. The third-order valence-corrected chi connectivity index (χ3v) is 3.91. The molecule has 0 aliphatic carbocycles. The Balaban J connectivity index is 4.71. The van der Waals surface area contributed by atoms with Gasteiger partial charge in [0.15, 0.2) is 0 Å². The highest BCUT2D eigenvalue weighted by atomic mass is 32.1. The van der Waals surface area contributed by atoms with Gasteiger partial charge < -0.3 is 0 Å². The first-order valence-electron chi connectivity index (χ1n) is 5.50. The zero-order valence-electron chi connectivity index (χ0n) is 10.3. The van der Waals surface area contributed by atoms with Crippen molar-refractivity contribution in [1.82, 2.24) is 0 Å². The Morgan fingerprint density at radius 2 is 1.50 bits per heavy atom. The van der Waals surface area contributed by atoms with Gasteiger partial charge >= 0.3 is 6.18 Å². The molecule has 0 aliphatic rings. The zero-order valence-corrected chi connectivity index (χ0v) is 11.1. The molecule has 0 aromatic rings. The molecule has 0 radical (unpaired) electrons. The number of allylic oxidation sites excluding steroid dienone is 1. The van der Waals surface area contributed by atoms with Gasteiger partial charge in [0.05, 0.1) is 5.92 Å². The first-order valence-corrected chi connectivity index (χ1v) is 6.01. The van der Waals surface area contributed by atoms with Crippen LogP contribution in [0.3, 0.4) is 0 Å². The highest BCUT2D eigenvalue weighted by Crippen LogP contribution is 2.38. The van der Waals surface area contributed by atoms with Gasteiger partial charge in [-0.15, -0.1) is 6.58 Å². The third kappa shape index (κ3) is 4.04. The van der Waals surface area contributed by atoms with Crippen molar-refractivity contribution in [2.75, 3.05) is 0 Å². The SMILES string of the molecule is C=C[C@H](C(C)S)[C@H](C)[C@@H](C)[C@H](C)C(F)(F)F. The molecule has 0 aliphatic heterocycles. The van der Waals surface area contributed by atoms with Gasteiger partial charge in [-0.1, -0.05) is 33.8 Å². The number of hydrogen-bond acceptors (Lipinski definition) is 1. The van der Waals surface area contributed by atoms with Gasteiger partial charge in [0.2, 0.25) is 0 Å². The van der Waals surface area contributed by atoms with Crippen LogP contribution >= 0.6 is 12.6 Å². The van der Waals surface area contributed by atoms with Gasteiger partial charge in [-0.05, 0) is 17.8 Å². The summed E-state index contributed by atoms with van der Waals surface area (Å²) in [7, 11) is 0. The van der Waals surface area contributed by atoms with Crippen LogP contribution in [0.5, 0.6) is 0 Å². The molecule has 0 saturated carbocycles. The van der Waals surface area contributed by atoms with Crippen LogP contribution in [0.1, 0.15) is 27.7 Å². The van der Waals surface area contributed by atoms with E-state index in [9.17, 15) is 13.2 Å². The van der Waals surface area contributed by atoms with E-state index in [4.69, 9.17) is 0 Å². The van der Waals surface area contributed by atoms with Crippen LogP contribution < -0.4 is 0 Å². The van der Waals surface area contributed by atoms with Crippen LogP contribution in [-0.2, 0) is 0 Å². The van der Waals surface area contributed by atoms with E-state index >= 15 is 0 Å². The smallest absolute Gasteiger partial charge is 0.176 e. The van der Waals surface area contributed by atoms with Crippen molar-refractivity contribution >= 4 is 12.6 Å². The van der Waals surface area contributed by atoms with Crippen LogP contribution in [0.2, 0.25) is 0 Å². The fraction of sp³-hybridized carbons (Fsp3) is 0.833. The van der Waals surface area contributed by atoms with Gasteiger partial charge in [0.1, 0.15) is 0 Å². The van der Waals surface area contributed by atoms with E-state index in [-0.39, 0.29) is 17.1 Å². The summed E-state index contributed by atoms with van der Waals surface area (Å²) >= 11 is 4.30. The summed E-state index contributed by atoms with van der Waals surface area (Å²) in [4.78, 5) is 0. The van der Waals surface area contributed by atoms with E-state index in [1.54, 1.807) is 13.0 Å². The molecular formula is C12H21F3S. The van der Waals surface area contributed by atoms with Gasteiger partial charge in [-0.2, -0.15) is 25.8 Å². The van der Waals surface area contributed by atoms with Crippen molar-refractivity contribution in [3.05, 3.63) is 12.7 Å². The standard InChI is InChI=1S/C12H21F3S/c1-6-11(10(5)16)8(3)7(2)9(4)12(13,14)15/h6-11,16H,1H2,2-5H3/t7-,8-,9+,10?,11+/m1/s1. The Labute approximate surface area is 102 Å². The Bertz CT molecular complexity index is 223. The number of alkyl halides is 3. The molecule has 1 unspecified atom stereocenters. The van der Waals surface area contributed by atoms with Gasteiger partial charge in [0.25, 0.3) is 0 Å². The second-order valence-corrected chi connectivity index (χ2v) is 5.42. The van der Waals surface area contributed by atoms with E-state index in [2.05, 4.69) is 19.2 Å². The van der Waals surface area contributed by atoms with E-state index in [1.807, 2.05) is 13.8 Å². The second-order valence-electron chi connectivity index (χ2n) is 4.60. The van der Waals surface area contributed by atoms with Crippen molar-refractivity contribution in [3.63, 3.8) is 0 Å². The van der Waals surface area contributed by atoms with E-state index in [0.29, 0.717) is 0 Å². The predicted octanol–water partition coefficient (Wildman–Crippen LogP) is 4.58. The van der Waals surface area contributed by atoms with Crippen LogP contribution in [0.25, 0.3) is 0 Å². The zero-order chi connectivity index (χ0) is 13.1. The lowest BCUT2D eigenvalue weighted by Crippen LogP contribution is -2.34. The highest BCUT2D eigenvalue weighted by Gasteiger charge is 2.42. The van der Waals surface area contributed by atoms with E-state index < -0.39 is 18.0 Å². The van der Waals surface area contributed by atoms with E-state index in [0.717, 1.165) is 0 Å². The fourth-order valence-corrected chi connectivity index (χ4v) is 2.35. The summed E-state index contributed by atoms with van der Waals surface area (Å²) in [5.41, 5.74) is 0. The molecule has 0 aromatic heterocycles. The van der Waals surface area contributed by atoms with Gasteiger partial charge in [0, 0.05) is 5.25 Å². The summed E-state index contributed by atoms with van der Waals surface area (Å²) in [5.74, 6) is -1.81. The summed E-state index contributed by atoms with van der Waals surface area (Å²) < 4.78 is 37.8. The number of rotatable bonds is 5. The topological polar surface area (TPSA) is 0 Å². The molecule has 0 bridgehead atoms. The molecule has 0 nitrogen and oxygen atoms in total. The number of thiol groups is 1. The quantitative estimate of drug-likeness (QED) is 0.539. The monoisotopic (exact) mass is 254 g/mol. The van der Waals surface area contributed by atoms with Crippen LogP contribution in [0.4, 0.5) is 13.2 Å². The molecule has 0 spiro atoms.